The zero-order valence-electron chi connectivity index (χ0n) is 11.0. The van der Waals surface area contributed by atoms with E-state index in [9.17, 15) is 9.59 Å². The zero-order chi connectivity index (χ0) is 14.4. The van der Waals surface area contributed by atoms with E-state index in [1.54, 1.807) is 13.0 Å². The Morgan fingerprint density at radius 1 is 1.21 bits per heavy atom. The number of hydrogen-bond donors (Lipinski definition) is 0. The van der Waals surface area contributed by atoms with Gasteiger partial charge in [0, 0.05) is 16.5 Å². The van der Waals surface area contributed by atoms with Gasteiger partial charge in [-0.15, -0.1) is 0 Å². The molecule has 0 unspecified atom stereocenters. The fourth-order valence-electron chi connectivity index (χ4n) is 1.64. The van der Waals surface area contributed by atoms with Crippen molar-refractivity contribution in [2.24, 2.45) is 0 Å². The quantitative estimate of drug-likeness (QED) is 0.347. The van der Waals surface area contributed by atoms with Gasteiger partial charge in [0.15, 0.2) is 11.5 Å². The van der Waals surface area contributed by atoms with Crippen LogP contribution in [0.2, 0.25) is 0 Å². The number of alkyl halides is 1. The zero-order valence-corrected chi connectivity index (χ0v) is 12.6. The van der Waals surface area contributed by atoms with Crippen LogP contribution in [0.4, 0.5) is 0 Å². The highest BCUT2D eigenvalue weighted by Gasteiger charge is 2.24. The highest BCUT2D eigenvalue weighted by atomic mass is 79.9. The van der Waals surface area contributed by atoms with Gasteiger partial charge in [-0.25, -0.2) is 4.79 Å². The Labute approximate surface area is 120 Å². The molecule has 104 valence electrons. The first-order valence-electron chi connectivity index (χ1n) is 5.61. The number of ketones is 1. The predicted molar refractivity (Wildman–Crippen MR) is 73.1 cm³/mol. The summed E-state index contributed by atoms with van der Waals surface area (Å²) in [4.78, 5) is 23.5. The van der Waals surface area contributed by atoms with E-state index in [0.29, 0.717) is 22.4 Å². The van der Waals surface area contributed by atoms with Crippen molar-refractivity contribution in [3.63, 3.8) is 0 Å². The Hall–Kier alpha value is -1.56. The average Bonchev–Trinajstić information content (AvgIpc) is 2.44. The minimum absolute atomic E-state index is 0.154. The van der Waals surface area contributed by atoms with Crippen LogP contribution in [0.1, 0.15) is 22.8 Å². The first-order chi connectivity index (χ1) is 9.10. The van der Waals surface area contributed by atoms with Crippen LogP contribution in [0.3, 0.4) is 0 Å². The van der Waals surface area contributed by atoms with E-state index >= 15 is 0 Å². The number of Topliss-reactive ketones (excluding diaryl/α,β-unsaturated/α-hetero) is 1. The molecule has 1 rings (SSSR count). The first-order valence-corrected chi connectivity index (χ1v) is 6.74. The second-order valence-corrected chi connectivity index (χ2v) is 4.07. The molecular weight excluding hydrogens is 316 g/mol. The molecule has 19 heavy (non-hydrogen) atoms. The molecule has 0 saturated heterocycles. The van der Waals surface area contributed by atoms with E-state index < -0.39 is 11.8 Å². The number of halogens is 1. The van der Waals surface area contributed by atoms with Crippen LogP contribution < -0.4 is 9.47 Å². The fraction of sp³-hybridized carbons (Fsp3) is 0.385. The molecule has 0 amide bonds. The molecule has 0 atom stereocenters. The molecule has 1 aromatic rings. The van der Waals surface area contributed by atoms with Crippen molar-refractivity contribution in [2.45, 2.75) is 12.3 Å². The van der Waals surface area contributed by atoms with Crippen molar-refractivity contribution in [2.75, 3.05) is 20.8 Å². The van der Waals surface area contributed by atoms with E-state index in [-0.39, 0.29) is 12.2 Å². The molecule has 0 fully saturated rings. The molecule has 0 heterocycles. The molecule has 0 radical (unpaired) electrons. The molecule has 1 aromatic carbocycles. The van der Waals surface area contributed by atoms with Crippen molar-refractivity contribution in [1.29, 1.82) is 0 Å². The molecule has 6 heteroatoms. The summed E-state index contributed by atoms with van der Waals surface area (Å²) in [6.45, 7) is 1.80. The Balaban J connectivity index is 3.28. The second-order valence-electron chi connectivity index (χ2n) is 3.51. The fourth-order valence-corrected chi connectivity index (χ4v) is 2.20. The van der Waals surface area contributed by atoms with Crippen molar-refractivity contribution in [1.82, 2.24) is 0 Å². The summed E-state index contributed by atoms with van der Waals surface area (Å²) in [5.41, 5.74) is 0.799. The van der Waals surface area contributed by atoms with Gasteiger partial charge in [0.25, 0.3) is 5.78 Å². The summed E-state index contributed by atoms with van der Waals surface area (Å²) in [6, 6.07) is 3.11. The van der Waals surface area contributed by atoms with E-state index in [2.05, 4.69) is 15.9 Å². The molecule has 0 N–H and O–H groups in total. The highest BCUT2D eigenvalue weighted by molar-refractivity contribution is 9.08. The third-order valence-electron chi connectivity index (χ3n) is 2.49. The van der Waals surface area contributed by atoms with Gasteiger partial charge in [0.05, 0.1) is 20.8 Å². The lowest BCUT2D eigenvalue weighted by atomic mass is 10.0. The third kappa shape index (κ3) is 3.26. The molecule has 0 aliphatic heterocycles. The van der Waals surface area contributed by atoms with E-state index in [0.717, 1.165) is 0 Å². The summed E-state index contributed by atoms with van der Waals surface area (Å²) in [5.74, 6) is -0.652. The van der Waals surface area contributed by atoms with Crippen molar-refractivity contribution in [3.05, 3.63) is 23.3 Å². The summed E-state index contributed by atoms with van der Waals surface area (Å²) < 4.78 is 15.1. The molecule has 0 aliphatic carbocycles. The van der Waals surface area contributed by atoms with Crippen LogP contribution in [0.25, 0.3) is 0 Å². The lowest BCUT2D eigenvalue weighted by Crippen LogP contribution is -2.19. The van der Waals surface area contributed by atoms with Crippen LogP contribution in [0, 0.1) is 0 Å². The summed E-state index contributed by atoms with van der Waals surface area (Å²) >= 11 is 3.28. The summed E-state index contributed by atoms with van der Waals surface area (Å²) in [5, 5.41) is 0.355. The summed E-state index contributed by atoms with van der Waals surface area (Å²) in [6.07, 6.45) is 0. The van der Waals surface area contributed by atoms with Gasteiger partial charge in [-0.1, -0.05) is 15.9 Å². The SMILES string of the molecule is CCOC(=O)C(=O)c1ccc(OC)c(OC)c1CBr. The Morgan fingerprint density at radius 3 is 2.37 bits per heavy atom. The first kappa shape index (κ1) is 15.5. The predicted octanol–water partition coefficient (Wildman–Crippen LogP) is 2.34. The topological polar surface area (TPSA) is 61.8 Å². The third-order valence-corrected chi connectivity index (χ3v) is 3.05. The van der Waals surface area contributed by atoms with E-state index in [1.165, 1.54) is 20.3 Å². The normalized spacial score (nSPS) is 9.89. The lowest BCUT2D eigenvalue weighted by molar-refractivity contribution is -0.137. The van der Waals surface area contributed by atoms with Gasteiger partial charge < -0.3 is 14.2 Å². The van der Waals surface area contributed by atoms with E-state index in [1.807, 2.05) is 0 Å². The maximum absolute atomic E-state index is 12.0. The standard InChI is InChI=1S/C13H15BrO5/c1-4-19-13(16)11(15)8-5-6-10(17-2)12(18-3)9(8)7-14/h5-6H,4,7H2,1-3H3. The van der Waals surface area contributed by atoms with Crippen LogP contribution in [0.5, 0.6) is 11.5 Å². The van der Waals surface area contributed by atoms with Crippen LogP contribution >= 0.6 is 15.9 Å². The van der Waals surface area contributed by atoms with Gasteiger partial charge in [-0.2, -0.15) is 0 Å². The number of methoxy groups -OCH3 is 2. The molecule has 0 spiro atoms. The van der Waals surface area contributed by atoms with Crippen LogP contribution in [-0.4, -0.2) is 32.6 Å². The van der Waals surface area contributed by atoms with Gasteiger partial charge in [0.1, 0.15) is 0 Å². The molecule has 0 aliphatic rings. The summed E-state index contributed by atoms with van der Waals surface area (Å²) in [7, 11) is 2.98. The number of hydrogen-bond acceptors (Lipinski definition) is 5. The molecule has 0 saturated carbocycles. The number of rotatable bonds is 6. The van der Waals surface area contributed by atoms with Crippen molar-refractivity contribution >= 4 is 27.7 Å². The molecule has 0 aromatic heterocycles. The number of esters is 1. The van der Waals surface area contributed by atoms with Gasteiger partial charge in [0.2, 0.25) is 0 Å². The minimum Gasteiger partial charge on any atom is -0.493 e. The Bertz CT molecular complexity index is 484. The number of ether oxygens (including phenoxy) is 3. The number of benzene rings is 1. The second kappa shape index (κ2) is 7.13. The smallest absolute Gasteiger partial charge is 0.379 e. The average molecular weight is 331 g/mol. The maximum Gasteiger partial charge on any atom is 0.379 e. The molecule has 0 bridgehead atoms. The molecular formula is C13H15BrO5. The number of carbonyl (C=O) groups is 2. The maximum atomic E-state index is 12.0. The van der Waals surface area contributed by atoms with Gasteiger partial charge in [-0.05, 0) is 19.1 Å². The largest absolute Gasteiger partial charge is 0.493 e. The van der Waals surface area contributed by atoms with Crippen LogP contribution in [0.15, 0.2) is 12.1 Å². The lowest BCUT2D eigenvalue weighted by Gasteiger charge is -2.14. The van der Waals surface area contributed by atoms with Crippen molar-refractivity contribution in [3.8, 4) is 11.5 Å². The van der Waals surface area contributed by atoms with Crippen LogP contribution in [-0.2, 0) is 14.9 Å². The van der Waals surface area contributed by atoms with Gasteiger partial charge >= 0.3 is 5.97 Å². The Kier molecular flexibility index (Phi) is 5.82. The number of carbonyl (C=O) groups excluding carboxylic acids is 2. The van der Waals surface area contributed by atoms with Gasteiger partial charge in [-0.3, -0.25) is 4.79 Å². The van der Waals surface area contributed by atoms with Crippen molar-refractivity contribution < 1.29 is 23.8 Å². The minimum atomic E-state index is -0.878. The molecule has 5 nitrogen and oxygen atoms in total. The Morgan fingerprint density at radius 2 is 1.89 bits per heavy atom. The van der Waals surface area contributed by atoms with E-state index in [4.69, 9.17) is 14.2 Å². The monoisotopic (exact) mass is 330 g/mol. The highest BCUT2D eigenvalue weighted by Crippen LogP contribution is 2.35.